The van der Waals surface area contributed by atoms with Crippen LogP contribution in [0.25, 0.3) is 22.3 Å². The van der Waals surface area contributed by atoms with Crippen molar-refractivity contribution < 1.29 is 0 Å². The van der Waals surface area contributed by atoms with Gasteiger partial charge in [-0.05, 0) is 177 Å². The zero-order chi connectivity index (χ0) is 48.8. The first-order chi connectivity index (χ1) is 35.5. The summed E-state index contributed by atoms with van der Waals surface area (Å²) in [7, 11) is 0. The molecular formula is C66H40N6. The van der Waals surface area contributed by atoms with E-state index in [2.05, 4.69) is 180 Å². The normalized spacial score (nSPS) is 15.6. The summed E-state index contributed by atoms with van der Waals surface area (Å²) in [6, 6.07) is 93.0. The molecule has 6 heteroatoms. The maximum Gasteiger partial charge on any atom is 0.0991 e. The van der Waals surface area contributed by atoms with Crippen molar-refractivity contribution in [2.24, 2.45) is 0 Å². The lowest BCUT2D eigenvalue weighted by Gasteiger charge is -2.51. The minimum atomic E-state index is -0.938. The Hall–Kier alpha value is -10.2. The van der Waals surface area contributed by atoms with Gasteiger partial charge in [-0.15, -0.1) is 0 Å². The number of nitrogens with zero attached hydrogens (tertiary/aromatic N) is 6. The van der Waals surface area contributed by atoms with E-state index in [1.807, 2.05) is 97.1 Å². The molecule has 10 aromatic rings. The molecule has 0 heterocycles. The Morgan fingerprint density at radius 1 is 0.250 bits per heavy atom. The fraction of sp³-hybridized carbons (Fsp3) is 0.0303. The summed E-state index contributed by atoms with van der Waals surface area (Å²) in [6.45, 7) is 0. The summed E-state index contributed by atoms with van der Waals surface area (Å²) >= 11 is 0. The third-order valence-corrected chi connectivity index (χ3v) is 14.6. The third kappa shape index (κ3) is 6.46. The van der Waals surface area contributed by atoms with Crippen molar-refractivity contribution in [2.75, 3.05) is 9.80 Å². The lowest BCUT2D eigenvalue weighted by molar-refractivity contribution is 0.437. The number of hydrogen-bond acceptors (Lipinski definition) is 6. The van der Waals surface area contributed by atoms with Gasteiger partial charge in [0, 0.05) is 34.1 Å². The van der Waals surface area contributed by atoms with Crippen LogP contribution in [0.3, 0.4) is 0 Å². The van der Waals surface area contributed by atoms with Gasteiger partial charge in [0.25, 0.3) is 0 Å². The average molecular weight is 917 g/mol. The highest BCUT2D eigenvalue weighted by molar-refractivity contribution is 5.96. The molecule has 0 N–H and O–H groups in total. The second-order valence-electron chi connectivity index (χ2n) is 18.1. The monoisotopic (exact) mass is 916 g/mol. The molecule has 0 saturated heterocycles. The topological polar surface area (TPSA) is 102 Å². The standard InChI is InChI=1S/C66H40N6/c67-41-45-19-27-51(28-20-45)71(52-29-21-46(42-68)22-30-52)55-35-37-59-57-15-7-9-17-61(57)65(63(59)39-55,49-11-3-1-4-12-49)66(50-13-5-2-6-14-50)62-18-10-8-16-58(62)60-38-36-56(40-64(60)66)72(53-31-23-47(43-69)24-32-53)54-33-25-48(44-70)26-34-54/h1-40H. The van der Waals surface area contributed by atoms with Gasteiger partial charge in [0.1, 0.15) is 0 Å². The molecule has 0 bridgehead atoms. The van der Waals surface area contributed by atoms with Gasteiger partial charge in [0.05, 0.1) is 57.4 Å². The van der Waals surface area contributed by atoms with Gasteiger partial charge in [-0.25, -0.2) is 0 Å². The SMILES string of the molecule is N#Cc1ccc(N(c2ccc(C#N)cc2)c2ccc3c(c2)C(c2ccccc2)(C2(c4ccccc4)c4ccccc4-c4ccc(N(c5ccc(C#N)cc5)c5ccc(C#N)cc5)cc42)c2ccccc2-3)cc1. The van der Waals surface area contributed by atoms with Crippen LogP contribution in [0.1, 0.15) is 55.6 Å². The van der Waals surface area contributed by atoms with Crippen molar-refractivity contribution in [1.29, 1.82) is 21.0 Å². The molecule has 6 nitrogen and oxygen atoms in total. The number of benzene rings is 10. The predicted molar refractivity (Wildman–Crippen MR) is 285 cm³/mol. The second-order valence-corrected chi connectivity index (χ2v) is 18.1. The first-order valence-electron chi connectivity index (χ1n) is 23.7. The number of fused-ring (bicyclic) bond motifs is 6. The van der Waals surface area contributed by atoms with E-state index in [4.69, 9.17) is 0 Å². The molecule has 0 fully saturated rings. The molecule has 334 valence electrons. The Bertz CT molecular complexity index is 3520. The van der Waals surface area contributed by atoms with Crippen LogP contribution < -0.4 is 9.80 Å². The Morgan fingerprint density at radius 3 is 0.819 bits per heavy atom. The molecule has 0 radical (unpaired) electrons. The highest BCUT2D eigenvalue weighted by atomic mass is 15.1. The van der Waals surface area contributed by atoms with Crippen LogP contribution in [0.15, 0.2) is 243 Å². The van der Waals surface area contributed by atoms with E-state index in [1.165, 1.54) is 11.1 Å². The Morgan fingerprint density at radius 2 is 0.514 bits per heavy atom. The molecule has 72 heavy (non-hydrogen) atoms. The molecule has 10 aromatic carbocycles. The van der Waals surface area contributed by atoms with Crippen molar-refractivity contribution in [3.05, 3.63) is 298 Å². The predicted octanol–water partition coefficient (Wildman–Crippen LogP) is 15.4. The Balaban J connectivity index is 1.22. The zero-order valence-electron chi connectivity index (χ0n) is 38.8. The summed E-state index contributed by atoms with van der Waals surface area (Å²) in [4.78, 5) is 4.41. The molecule has 0 aliphatic heterocycles. The van der Waals surface area contributed by atoms with Gasteiger partial charge in [0.15, 0.2) is 0 Å². The van der Waals surface area contributed by atoms with Crippen molar-refractivity contribution in [1.82, 2.24) is 0 Å². The van der Waals surface area contributed by atoms with E-state index in [-0.39, 0.29) is 0 Å². The summed E-state index contributed by atoms with van der Waals surface area (Å²) < 4.78 is 0. The molecule has 2 unspecified atom stereocenters. The molecule has 0 spiro atoms. The molecule has 0 saturated carbocycles. The van der Waals surface area contributed by atoms with Crippen molar-refractivity contribution in [3.8, 4) is 46.5 Å². The highest BCUT2D eigenvalue weighted by Crippen LogP contribution is 2.70. The Labute approximate surface area is 418 Å². The van der Waals surface area contributed by atoms with Crippen LogP contribution in [0.4, 0.5) is 34.1 Å². The lowest BCUT2D eigenvalue weighted by Crippen LogP contribution is -2.50. The lowest BCUT2D eigenvalue weighted by atomic mass is 9.49. The summed E-state index contributed by atoms with van der Waals surface area (Å²) in [5.74, 6) is 0. The van der Waals surface area contributed by atoms with Crippen LogP contribution in [0, 0.1) is 45.3 Å². The van der Waals surface area contributed by atoms with Crippen molar-refractivity contribution >= 4 is 34.1 Å². The van der Waals surface area contributed by atoms with Crippen LogP contribution in [-0.4, -0.2) is 0 Å². The van der Waals surface area contributed by atoms with Gasteiger partial charge < -0.3 is 9.80 Å². The average Bonchev–Trinajstić information content (AvgIpc) is 3.94. The van der Waals surface area contributed by atoms with E-state index in [1.54, 1.807) is 0 Å². The maximum atomic E-state index is 9.86. The smallest absolute Gasteiger partial charge is 0.0991 e. The summed E-state index contributed by atoms with van der Waals surface area (Å²) in [5.41, 5.74) is 17.0. The first kappa shape index (κ1) is 43.1. The van der Waals surface area contributed by atoms with Gasteiger partial charge in [0.2, 0.25) is 0 Å². The van der Waals surface area contributed by atoms with Gasteiger partial charge in [-0.2, -0.15) is 21.0 Å². The molecular weight excluding hydrogens is 877 g/mol. The summed E-state index contributed by atoms with van der Waals surface area (Å²) in [6.07, 6.45) is 0. The number of anilines is 6. The number of rotatable bonds is 9. The summed E-state index contributed by atoms with van der Waals surface area (Å²) in [5, 5.41) is 39.4. The largest absolute Gasteiger partial charge is 0.310 e. The van der Waals surface area contributed by atoms with Crippen molar-refractivity contribution in [3.63, 3.8) is 0 Å². The molecule has 2 atom stereocenters. The van der Waals surface area contributed by atoms with Gasteiger partial charge in [-0.3, -0.25) is 0 Å². The van der Waals surface area contributed by atoms with E-state index in [0.29, 0.717) is 22.3 Å². The molecule has 0 aromatic heterocycles. The third-order valence-electron chi connectivity index (χ3n) is 14.6. The van der Waals surface area contributed by atoms with Crippen LogP contribution >= 0.6 is 0 Å². The fourth-order valence-electron chi connectivity index (χ4n) is 11.7. The fourth-order valence-corrected chi connectivity index (χ4v) is 11.7. The number of hydrogen-bond donors (Lipinski definition) is 0. The van der Waals surface area contributed by atoms with Crippen LogP contribution in [0.2, 0.25) is 0 Å². The van der Waals surface area contributed by atoms with E-state index in [9.17, 15) is 21.0 Å². The van der Waals surface area contributed by atoms with Crippen molar-refractivity contribution in [2.45, 2.75) is 10.8 Å². The van der Waals surface area contributed by atoms with Crippen LogP contribution in [-0.2, 0) is 10.8 Å². The van der Waals surface area contributed by atoms with Crippen LogP contribution in [0.5, 0.6) is 0 Å². The van der Waals surface area contributed by atoms with Gasteiger partial charge >= 0.3 is 0 Å². The maximum absolute atomic E-state index is 9.86. The zero-order valence-corrected chi connectivity index (χ0v) is 38.8. The second kappa shape index (κ2) is 17.4. The minimum absolute atomic E-state index is 0.561. The van der Waals surface area contributed by atoms with E-state index < -0.39 is 10.8 Å². The van der Waals surface area contributed by atoms with E-state index in [0.717, 1.165) is 78.6 Å². The van der Waals surface area contributed by atoms with Gasteiger partial charge in [-0.1, -0.05) is 121 Å². The minimum Gasteiger partial charge on any atom is -0.310 e. The molecule has 2 aliphatic rings. The highest BCUT2D eigenvalue weighted by Gasteiger charge is 2.64. The molecule has 2 aliphatic carbocycles. The Kier molecular flexibility index (Phi) is 10.4. The quantitative estimate of drug-likeness (QED) is 0.143. The molecule has 12 rings (SSSR count). The molecule has 0 amide bonds. The first-order valence-corrected chi connectivity index (χ1v) is 23.7. The number of nitriles is 4. The van der Waals surface area contributed by atoms with E-state index >= 15 is 0 Å².